The number of rotatable bonds is 3. The van der Waals surface area contributed by atoms with Crippen molar-refractivity contribution in [2.24, 2.45) is 0 Å². The molecule has 0 fully saturated rings. The van der Waals surface area contributed by atoms with Crippen molar-refractivity contribution in [1.29, 1.82) is 0 Å². The van der Waals surface area contributed by atoms with Gasteiger partial charge in [0.15, 0.2) is 0 Å². The lowest BCUT2D eigenvalue weighted by atomic mass is 11.0. The zero-order valence-corrected chi connectivity index (χ0v) is 6.60. The molecule has 0 spiro atoms. The Morgan fingerprint density at radius 3 is 2.11 bits per heavy atom. The normalized spacial score (nSPS) is 15.3. The van der Waals surface area contributed by atoms with E-state index in [2.05, 4.69) is 0 Å². The van der Waals surface area contributed by atoms with E-state index in [1.54, 1.807) is 0 Å². The molecule has 0 saturated carbocycles. The third-order valence-corrected chi connectivity index (χ3v) is 2.43. The van der Waals surface area contributed by atoms with Gasteiger partial charge < -0.3 is 0 Å². The maximum Gasteiger partial charge on any atom is 0.303 e. The van der Waals surface area contributed by atoms with E-state index in [4.69, 9.17) is 10.7 Å². The van der Waals surface area contributed by atoms with E-state index in [-0.39, 0.29) is 5.75 Å². The van der Waals surface area contributed by atoms with Crippen LogP contribution in [0.25, 0.3) is 0 Å². The fourth-order valence-corrected chi connectivity index (χ4v) is 2.05. The van der Waals surface area contributed by atoms with Crippen molar-refractivity contribution in [3.05, 3.63) is 0 Å². The molecule has 9 heavy (non-hydrogen) atoms. The fourth-order valence-electron chi connectivity index (χ4n) is 0.165. The molecule has 1 atom stereocenters. The molecule has 0 aromatic carbocycles. The maximum absolute atomic E-state index is 11.5. The lowest BCUT2D eigenvalue weighted by molar-refractivity contribution is 0.553. The van der Waals surface area contributed by atoms with Crippen LogP contribution in [0.3, 0.4) is 0 Å². The molecule has 56 valence electrons. The Labute approximate surface area is 59.4 Å². The molecular formula is C2H4ClFO3S2. The monoisotopic (exact) mass is 194 g/mol. The molecule has 0 aromatic rings. The molecule has 1 unspecified atom stereocenters. The second kappa shape index (κ2) is 3.48. The Kier molecular flexibility index (Phi) is 3.60. The van der Waals surface area contributed by atoms with Crippen LogP contribution < -0.4 is 0 Å². The van der Waals surface area contributed by atoms with Gasteiger partial charge in [-0.2, -0.15) is 8.42 Å². The lowest BCUT2D eigenvalue weighted by Gasteiger charge is -1.86. The van der Waals surface area contributed by atoms with Gasteiger partial charge in [0.1, 0.15) is 10.0 Å². The first-order valence-corrected chi connectivity index (χ1v) is 5.58. The molecule has 0 heterocycles. The molecule has 0 amide bonds. The zero-order valence-electron chi connectivity index (χ0n) is 4.21. The minimum atomic E-state index is -4.50. The van der Waals surface area contributed by atoms with Crippen molar-refractivity contribution < 1.29 is 16.5 Å². The summed E-state index contributed by atoms with van der Waals surface area (Å²) in [6.45, 7) is 0. The van der Waals surface area contributed by atoms with E-state index in [9.17, 15) is 16.5 Å². The highest BCUT2D eigenvalue weighted by Gasteiger charge is 2.07. The van der Waals surface area contributed by atoms with E-state index in [0.29, 0.717) is 0 Å². The van der Waals surface area contributed by atoms with E-state index < -0.39 is 26.0 Å². The SMILES string of the molecule is O=S(Cl)CCS(=O)(=O)F. The maximum atomic E-state index is 11.5. The molecule has 7 heteroatoms. The largest absolute Gasteiger partial charge is 0.303 e. The Bertz CT molecular complexity index is 198. The molecule has 0 N–H and O–H groups in total. The summed E-state index contributed by atoms with van der Waals surface area (Å²) in [5, 5.41) is 0. The zero-order chi connectivity index (χ0) is 7.49. The first kappa shape index (κ1) is 9.32. The van der Waals surface area contributed by atoms with Crippen molar-refractivity contribution >= 4 is 30.9 Å². The molecule has 0 aliphatic rings. The van der Waals surface area contributed by atoms with Crippen molar-refractivity contribution in [3.63, 3.8) is 0 Å². The Morgan fingerprint density at radius 1 is 1.56 bits per heavy atom. The van der Waals surface area contributed by atoms with E-state index in [0.717, 1.165) is 0 Å². The van der Waals surface area contributed by atoms with Gasteiger partial charge in [0.25, 0.3) is 0 Å². The Morgan fingerprint density at radius 2 is 2.00 bits per heavy atom. The third kappa shape index (κ3) is 8.32. The standard InChI is InChI=1S/C2H4ClFO3S2/c3-8(5)1-2-9(4,6)7/h1-2H2. The number of hydrogen-bond acceptors (Lipinski definition) is 3. The summed E-state index contributed by atoms with van der Waals surface area (Å²) in [5.74, 6) is -1.14. The van der Waals surface area contributed by atoms with Crippen molar-refractivity contribution in [3.8, 4) is 0 Å². The fraction of sp³-hybridized carbons (Fsp3) is 1.00. The molecule has 0 aliphatic carbocycles. The van der Waals surface area contributed by atoms with Crippen LogP contribution >= 0.6 is 10.7 Å². The van der Waals surface area contributed by atoms with Crippen molar-refractivity contribution in [2.75, 3.05) is 11.5 Å². The van der Waals surface area contributed by atoms with E-state index in [1.807, 2.05) is 0 Å². The topological polar surface area (TPSA) is 51.2 Å². The van der Waals surface area contributed by atoms with Gasteiger partial charge >= 0.3 is 10.2 Å². The summed E-state index contributed by atoms with van der Waals surface area (Å²) in [6.07, 6.45) is 0. The van der Waals surface area contributed by atoms with Gasteiger partial charge in [-0.3, -0.25) is 0 Å². The van der Waals surface area contributed by atoms with Gasteiger partial charge in [-0.15, -0.1) is 3.89 Å². The summed E-state index contributed by atoms with van der Waals surface area (Å²) in [5.41, 5.74) is 0. The van der Waals surface area contributed by atoms with Crippen LogP contribution in [-0.4, -0.2) is 24.1 Å². The summed E-state index contributed by atoms with van der Waals surface area (Å²) in [6, 6.07) is 0. The molecule has 0 rings (SSSR count). The average molecular weight is 195 g/mol. The van der Waals surface area contributed by atoms with Gasteiger partial charge in [0.2, 0.25) is 0 Å². The minimum Gasteiger partial charge on any atom is -0.243 e. The second-order valence-corrected chi connectivity index (χ2v) is 4.74. The summed E-state index contributed by atoms with van der Waals surface area (Å²) < 4.78 is 40.8. The first-order chi connectivity index (χ1) is 3.92. The molecule has 3 nitrogen and oxygen atoms in total. The van der Waals surface area contributed by atoms with Crippen LogP contribution in [-0.2, 0) is 20.2 Å². The highest BCUT2D eigenvalue weighted by Crippen LogP contribution is 1.94. The minimum absolute atomic E-state index is 0.361. The molecule has 0 radical (unpaired) electrons. The van der Waals surface area contributed by atoms with Crippen LogP contribution in [0.1, 0.15) is 0 Å². The average Bonchev–Trinajstić information content (AvgIpc) is 1.59. The van der Waals surface area contributed by atoms with Crippen LogP contribution in [0, 0.1) is 0 Å². The number of hydrogen-bond donors (Lipinski definition) is 0. The second-order valence-electron chi connectivity index (χ2n) is 1.24. The summed E-state index contributed by atoms with van der Waals surface area (Å²) >= 11 is 0. The molecule has 0 saturated heterocycles. The quantitative estimate of drug-likeness (QED) is 0.603. The Hall–Kier alpha value is 0.320. The van der Waals surface area contributed by atoms with Crippen LogP contribution in [0.2, 0.25) is 0 Å². The number of halogens is 2. The molecule has 0 aliphatic heterocycles. The van der Waals surface area contributed by atoms with Gasteiger partial charge in [-0.1, -0.05) is 0 Å². The molecule has 0 bridgehead atoms. The summed E-state index contributed by atoms with van der Waals surface area (Å²) in [7, 11) is -1.43. The lowest BCUT2D eigenvalue weighted by Crippen LogP contribution is -2.04. The van der Waals surface area contributed by atoms with E-state index in [1.165, 1.54) is 0 Å². The first-order valence-electron chi connectivity index (χ1n) is 1.89. The van der Waals surface area contributed by atoms with Gasteiger partial charge in [0, 0.05) is 0 Å². The highest BCUT2D eigenvalue weighted by atomic mass is 35.7. The molecular weight excluding hydrogens is 191 g/mol. The molecule has 0 aromatic heterocycles. The highest BCUT2D eigenvalue weighted by molar-refractivity contribution is 8.08. The van der Waals surface area contributed by atoms with Crippen LogP contribution in [0.15, 0.2) is 0 Å². The predicted octanol–water partition coefficient (Wildman–Crippen LogP) is 0.188. The van der Waals surface area contributed by atoms with E-state index >= 15 is 0 Å². The van der Waals surface area contributed by atoms with Crippen LogP contribution in [0.4, 0.5) is 3.89 Å². The third-order valence-electron chi connectivity index (χ3n) is 0.488. The van der Waals surface area contributed by atoms with Gasteiger partial charge in [-0.25, -0.2) is 4.21 Å². The van der Waals surface area contributed by atoms with Gasteiger partial charge in [0.05, 0.1) is 11.5 Å². The smallest absolute Gasteiger partial charge is 0.243 e. The van der Waals surface area contributed by atoms with Crippen molar-refractivity contribution in [2.45, 2.75) is 0 Å². The predicted molar refractivity (Wildman–Crippen MR) is 33.8 cm³/mol. The Balaban J connectivity index is 3.67. The van der Waals surface area contributed by atoms with Crippen LogP contribution in [0.5, 0.6) is 0 Å². The summed E-state index contributed by atoms with van der Waals surface area (Å²) in [4.78, 5) is 0. The van der Waals surface area contributed by atoms with Crippen molar-refractivity contribution in [1.82, 2.24) is 0 Å². The van der Waals surface area contributed by atoms with Gasteiger partial charge in [-0.05, 0) is 10.7 Å².